The van der Waals surface area contributed by atoms with Crippen LogP contribution in [0.25, 0.3) is 10.9 Å². The zero-order valence-corrected chi connectivity index (χ0v) is 11.6. The van der Waals surface area contributed by atoms with E-state index in [-0.39, 0.29) is 11.5 Å². The lowest BCUT2D eigenvalue weighted by Crippen LogP contribution is -2.19. The Hall–Kier alpha value is -2.82. The van der Waals surface area contributed by atoms with Crippen LogP contribution in [0.5, 0.6) is 0 Å². The molecule has 3 rings (SSSR count). The molecule has 0 atom stereocenters. The number of aromatic nitrogens is 2. The third-order valence-corrected chi connectivity index (χ3v) is 3.40. The van der Waals surface area contributed by atoms with Crippen molar-refractivity contribution in [1.82, 2.24) is 9.55 Å². The van der Waals surface area contributed by atoms with Crippen molar-refractivity contribution in [3.05, 3.63) is 64.7 Å². The number of rotatable bonds is 3. The minimum atomic E-state index is -0.201. The van der Waals surface area contributed by atoms with Gasteiger partial charge in [0.1, 0.15) is 0 Å². The van der Waals surface area contributed by atoms with Gasteiger partial charge in [0.2, 0.25) is 0 Å². The van der Waals surface area contributed by atoms with Crippen molar-refractivity contribution < 1.29 is 4.79 Å². The van der Waals surface area contributed by atoms with Crippen molar-refractivity contribution in [3.63, 3.8) is 0 Å². The van der Waals surface area contributed by atoms with Crippen LogP contribution in [0, 0.1) is 0 Å². The van der Waals surface area contributed by atoms with E-state index in [1.165, 1.54) is 6.07 Å². The summed E-state index contributed by atoms with van der Waals surface area (Å²) in [7, 11) is 0. The first kappa shape index (κ1) is 13.2. The maximum atomic E-state index is 12.3. The van der Waals surface area contributed by atoms with E-state index in [0.717, 1.165) is 10.9 Å². The number of nitrogens with one attached hydrogen (secondary N) is 2. The van der Waals surface area contributed by atoms with Gasteiger partial charge in [0.05, 0.1) is 5.69 Å². The quantitative estimate of drug-likeness (QED) is 0.775. The average Bonchev–Trinajstić information content (AvgIpc) is 2.96. The Labute approximate surface area is 121 Å². The smallest absolute Gasteiger partial charge is 0.255 e. The van der Waals surface area contributed by atoms with Crippen LogP contribution in [-0.2, 0) is 6.54 Å². The lowest BCUT2D eigenvalue weighted by molar-refractivity contribution is 0.102. The summed E-state index contributed by atoms with van der Waals surface area (Å²) in [5.41, 5.74) is 2.01. The van der Waals surface area contributed by atoms with Gasteiger partial charge < -0.3 is 14.9 Å². The fraction of sp³-hybridized carbons (Fsp3) is 0.125. The topological polar surface area (TPSA) is 66.9 Å². The molecule has 0 bridgehead atoms. The van der Waals surface area contributed by atoms with Gasteiger partial charge in [0.15, 0.2) is 0 Å². The Balaban J connectivity index is 1.87. The number of pyridine rings is 1. The third kappa shape index (κ3) is 2.58. The van der Waals surface area contributed by atoms with E-state index in [0.29, 0.717) is 17.8 Å². The number of carbonyl (C=O) groups excluding carboxylic acids is 1. The highest BCUT2D eigenvalue weighted by atomic mass is 16.1. The number of hydrogen-bond donors (Lipinski definition) is 2. The molecule has 0 radical (unpaired) electrons. The molecule has 106 valence electrons. The summed E-state index contributed by atoms with van der Waals surface area (Å²) in [6, 6.07) is 10.5. The highest BCUT2D eigenvalue weighted by molar-refractivity contribution is 6.06. The highest BCUT2D eigenvalue weighted by Crippen LogP contribution is 2.15. The first-order valence-electron chi connectivity index (χ1n) is 6.76. The first-order chi connectivity index (χ1) is 10.2. The summed E-state index contributed by atoms with van der Waals surface area (Å²) in [6.07, 6.45) is 3.48. The third-order valence-electron chi connectivity index (χ3n) is 3.40. The van der Waals surface area contributed by atoms with Crippen molar-refractivity contribution >= 4 is 22.5 Å². The second kappa shape index (κ2) is 5.28. The lowest BCUT2D eigenvalue weighted by Gasteiger charge is -2.08. The Bertz CT molecular complexity index is 861. The highest BCUT2D eigenvalue weighted by Gasteiger charge is 2.08. The summed E-state index contributed by atoms with van der Waals surface area (Å²) in [5, 5.41) is 3.87. The lowest BCUT2D eigenvalue weighted by atomic mass is 10.1. The van der Waals surface area contributed by atoms with Crippen molar-refractivity contribution in [2.24, 2.45) is 0 Å². The van der Waals surface area contributed by atoms with E-state index in [9.17, 15) is 9.59 Å². The SMILES string of the molecule is CCn1cc(NC(=O)c2ccc3cc[nH]c3c2)ccc1=O. The van der Waals surface area contributed by atoms with Crippen molar-refractivity contribution in [2.75, 3.05) is 5.32 Å². The molecular formula is C16H15N3O2. The average molecular weight is 281 g/mol. The molecule has 2 N–H and O–H groups in total. The van der Waals surface area contributed by atoms with Crippen LogP contribution in [0.4, 0.5) is 5.69 Å². The summed E-state index contributed by atoms with van der Waals surface area (Å²) in [4.78, 5) is 26.9. The number of aromatic amines is 1. The van der Waals surface area contributed by atoms with Crippen LogP contribution in [0.3, 0.4) is 0 Å². The monoisotopic (exact) mass is 281 g/mol. The number of anilines is 1. The second-order valence-electron chi connectivity index (χ2n) is 4.78. The number of benzene rings is 1. The summed E-state index contributed by atoms with van der Waals surface area (Å²) in [6.45, 7) is 2.45. The number of fused-ring (bicyclic) bond motifs is 1. The molecule has 5 nitrogen and oxygen atoms in total. The van der Waals surface area contributed by atoms with E-state index in [4.69, 9.17) is 0 Å². The molecule has 1 aromatic carbocycles. The fourth-order valence-electron chi connectivity index (χ4n) is 2.24. The molecule has 0 saturated heterocycles. The second-order valence-corrected chi connectivity index (χ2v) is 4.78. The molecule has 3 aromatic rings. The van der Waals surface area contributed by atoms with Crippen LogP contribution in [0.15, 0.2) is 53.6 Å². The molecule has 0 spiro atoms. The van der Waals surface area contributed by atoms with E-state index < -0.39 is 0 Å². The summed E-state index contributed by atoms with van der Waals surface area (Å²) in [5.74, 6) is -0.201. The number of amides is 1. The molecular weight excluding hydrogens is 266 g/mol. The van der Waals surface area contributed by atoms with Gasteiger partial charge in [-0.25, -0.2) is 0 Å². The van der Waals surface area contributed by atoms with Crippen LogP contribution < -0.4 is 10.9 Å². The number of carbonyl (C=O) groups is 1. The van der Waals surface area contributed by atoms with Crippen molar-refractivity contribution in [2.45, 2.75) is 13.5 Å². The molecule has 5 heteroatoms. The number of H-pyrrole nitrogens is 1. The van der Waals surface area contributed by atoms with E-state index in [1.807, 2.05) is 25.3 Å². The molecule has 2 aromatic heterocycles. The van der Waals surface area contributed by atoms with Crippen molar-refractivity contribution in [3.8, 4) is 0 Å². The van der Waals surface area contributed by atoms with E-state index in [2.05, 4.69) is 10.3 Å². The van der Waals surface area contributed by atoms with Gasteiger partial charge in [-0.1, -0.05) is 6.07 Å². The molecule has 0 aliphatic carbocycles. The molecule has 1 amide bonds. The van der Waals surface area contributed by atoms with Crippen LogP contribution >= 0.6 is 0 Å². The predicted octanol–water partition coefficient (Wildman–Crippen LogP) is 2.60. The van der Waals surface area contributed by atoms with Gasteiger partial charge >= 0.3 is 0 Å². The van der Waals surface area contributed by atoms with Gasteiger partial charge in [-0.2, -0.15) is 0 Å². The summed E-state index contributed by atoms with van der Waals surface area (Å²) >= 11 is 0. The maximum Gasteiger partial charge on any atom is 0.255 e. The van der Waals surface area contributed by atoms with Crippen molar-refractivity contribution in [1.29, 1.82) is 0 Å². The number of nitrogens with zero attached hydrogens (tertiary/aromatic N) is 1. The zero-order chi connectivity index (χ0) is 14.8. The van der Waals surface area contributed by atoms with Crippen LogP contribution in [-0.4, -0.2) is 15.5 Å². The van der Waals surface area contributed by atoms with E-state index >= 15 is 0 Å². The Morgan fingerprint density at radius 3 is 2.90 bits per heavy atom. The van der Waals surface area contributed by atoms with Gasteiger partial charge in [-0.15, -0.1) is 0 Å². The van der Waals surface area contributed by atoms with Gasteiger partial charge in [0.25, 0.3) is 11.5 Å². The predicted molar refractivity (Wildman–Crippen MR) is 82.6 cm³/mol. The first-order valence-corrected chi connectivity index (χ1v) is 6.76. The van der Waals surface area contributed by atoms with E-state index in [1.54, 1.807) is 29.0 Å². The fourth-order valence-corrected chi connectivity index (χ4v) is 2.24. The summed E-state index contributed by atoms with van der Waals surface area (Å²) < 4.78 is 1.55. The zero-order valence-electron chi connectivity index (χ0n) is 11.6. The Morgan fingerprint density at radius 1 is 1.24 bits per heavy atom. The number of hydrogen-bond acceptors (Lipinski definition) is 2. The molecule has 0 saturated carbocycles. The van der Waals surface area contributed by atoms with Crippen LogP contribution in [0.1, 0.15) is 17.3 Å². The minimum absolute atomic E-state index is 0.0803. The normalized spacial score (nSPS) is 10.7. The largest absolute Gasteiger partial charge is 0.361 e. The number of aryl methyl sites for hydroxylation is 1. The van der Waals surface area contributed by atoms with Gasteiger partial charge in [0, 0.05) is 36.1 Å². The standard InChI is InChI=1S/C16H15N3O2/c1-2-19-10-13(5-6-15(19)20)18-16(21)12-4-3-11-7-8-17-14(11)9-12/h3-10,17H,2H2,1H3,(H,18,21). The Kier molecular flexibility index (Phi) is 3.31. The molecule has 21 heavy (non-hydrogen) atoms. The molecule has 0 unspecified atom stereocenters. The molecule has 2 heterocycles. The molecule has 0 aliphatic rings. The Morgan fingerprint density at radius 2 is 2.10 bits per heavy atom. The molecule has 0 fully saturated rings. The van der Waals surface area contributed by atoms with Gasteiger partial charge in [-0.3, -0.25) is 9.59 Å². The van der Waals surface area contributed by atoms with Gasteiger partial charge in [-0.05, 0) is 36.6 Å². The molecule has 0 aliphatic heterocycles. The maximum absolute atomic E-state index is 12.3. The van der Waals surface area contributed by atoms with Crippen LogP contribution in [0.2, 0.25) is 0 Å². The minimum Gasteiger partial charge on any atom is -0.361 e.